The Hall–Kier alpha value is -1.82. The van der Waals surface area contributed by atoms with Gasteiger partial charge in [-0.05, 0) is 33.3 Å². The van der Waals surface area contributed by atoms with Crippen molar-refractivity contribution < 1.29 is 33.0 Å². The topological polar surface area (TPSA) is 93.3 Å². The Morgan fingerprint density at radius 1 is 1.08 bits per heavy atom. The van der Waals surface area contributed by atoms with Crippen molar-refractivity contribution in [3.8, 4) is 17.2 Å². The first kappa shape index (κ1) is 28.8. The first-order chi connectivity index (χ1) is 17.1. The zero-order valence-electron chi connectivity index (χ0n) is 22.1. The number of hydrogen-bond donors (Lipinski definition) is 0. The van der Waals surface area contributed by atoms with E-state index in [1.807, 2.05) is 11.7 Å². The molecule has 200 valence electrons. The van der Waals surface area contributed by atoms with Crippen molar-refractivity contribution in [1.82, 2.24) is 19.1 Å². The van der Waals surface area contributed by atoms with E-state index in [0.29, 0.717) is 68.7 Å². The van der Waals surface area contributed by atoms with Gasteiger partial charge in [-0.15, -0.1) is 0 Å². The summed E-state index contributed by atoms with van der Waals surface area (Å²) in [6.45, 7) is 3.48. The second kappa shape index (κ2) is 12.6. The SMILES string of the molecule is [B]C1CN(C)CC(COCP(=O)(N(C)C)N2CCN(C(=O)c3cc(OC)c(OC)c(OC)c3)CC2)O1. The Morgan fingerprint density at radius 2 is 1.69 bits per heavy atom. The Balaban J connectivity index is 1.61. The van der Waals surface area contributed by atoms with Gasteiger partial charge in [0.25, 0.3) is 5.91 Å². The molecule has 3 unspecified atom stereocenters. The summed E-state index contributed by atoms with van der Waals surface area (Å²) in [5.74, 6) is 1.12. The first-order valence-corrected chi connectivity index (χ1v) is 13.7. The van der Waals surface area contributed by atoms with E-state index in [-0.39, 0.29) is 24.4 Å². The third-order valence-corrected chi connectivity index (χ3v) is 9.51. The lowest BCUT2D eigenvalue weighted by atomic mass is 9.98. The molecule has 1 amide bonds. The van der Waals surface area contributed by atoms with Gasteiger partial charge < -0.3 is 33.5 Å². The number of benzene rings is 1. The van der Waals surface area contributed by atoms with Gasteiger partial charge in [-0.25, -0.2) is 9.34 Å². The molecule has 2 fully saturated rings. The third kappa shape index (κ3) is 6.54. The second-order valence-corrected chi connectivity index (χ2v) is 12.1. The van der Waals surface area contributed by atoms with Crippen LogP contribution >= 0.6 is 7.44 Å². The van der Waals surface area contributed by atoms with Crippen LogP contribution in [0.25, 0.3) is 0 Å². The lowest BCUT2D eigenvalue weighted by Gasteiger charge is -2.41. The molecule has 2 radical (unpaired) electrons. The van der Waals surface area contributed by atoms with E-state index < -0.39 is 7.44 Å². The Morgan fingerprint density at radius 3 is 2.19 bits per heavy atom. The summed E-state index contributed by atoms with van der Waals surface area (Å²) < 4.78 is 45.3. The molecule has 1 aromatic rings. The number of rotatable bonds is 10. The number of likely N-dealkylation sites (N-methyl/N-ethyl adjacent to an activating group) is 1. The van der Waals surface area contributed by atoms with Gasteiger partial charge in [0.15, 0.2) is 11.5 Å². The minimum Gasteiger partial charge on any atom is -0.493 e. The third-order valence-electron chi connectivity index (χ3n) is 6.46. The largest absolute Gasteiger partial charge is 0.493 e. The fraction of sp³-hybridized carbons (Fsp3) is 0.696. The number of carbonyl (C=O) groups excluding carboxylic acids is 1. The van der Waals surface area contributed by atoms with Crippen LogP contribution in [0, 0.1) is 0 Å². The van der Waals surface area contributed by atoms with E-state index in [0.717, 1.165) is 0 Å². The van der Waals surface area contributed by atoms with Crippen molar-refractivity contribution in [1.29, 1.82) is 0 Å². The van der Waals surface area contributed by atoms with Gasteiger partial charge >= 0.3 is 0 Å². The maximum absolute atomic E-state index is 13.9. The molecule has 3 rings (SSSR count). The molecule has 0 saturated carbocycles. The van der Waals surface area contributed by atoms with Crippen molar-refractivity contribution in [2.45, 2.75) is 12.1 Å². The number of morpholine rings is 1. The molecule has 0 aliphatic carbocycles. The molecule has 13 heteroatoms. The average Bonchev–Trinajstić information content (AvgIpc) is 2.86. The molecule has 0 bridgehead atoms. The van der Waals surface area contributed by atoms with E-state index in [1.165, 1.54) is 21.3 Å². The van der Waals surface area contributed by atoms with Crippen molar-refractivity contribution in [2.75, 3.05) is 94.7 Å². The molecule has 36 heavy (non-hydrogen) atoms. The Labute approximate surface area is 215 Å². The van der Waals surface area contributed by atoms with Gasteiger partial charge in [0.2, 0.25) is 13.2 Å². The summed E-state index contributed by atoms with van der Waals surface area (Å²) in [5.41, 5.74) is 0.438. The number of piperazine rings is 1. The van der Waals surface area contributed by atoms with E-state index in [2.05, 4.69) is 4.90 Å². The highest BCUT2D eigenvalue weighted by Gasteiger charge is 2.37. The average molecular weight is 524 g/mol. The van der Waals surface area contributed by atoms with Gasteiger partial charge in [-0.3, -0.25) is 9.36 Å². The van der Waals surface area contributed by atoms with Crippen LogP contribution in [0.5, 0.6) is 17.2 Å². The summed E-state index contributed by atoms with van der Waals surface area (Å²) in [6.07, 6.45) is -0.0954. The smallest absolute Gasteiger partial charge is 0.254 e. The molecule has 3 atom stereocenters. The molecule has 2 heterocycles. The number of carbonyl (C=O) groups is 1. The lowest BCUT2D eigenvalue weighted by Crippen LogP contribution is -2.49. The molecule has 2 saturated heterocycles. The maximum Gasteiger partial charge on any atom is 0.254 e. The molecular weight excluding hydrogens is 486 g/mol. The summed E-state index contributed by atoms with van der Waals surface area (Å²) >= 11 is 0. The van der Waals surface area contributed by atoms with Crippen LogP contribution in [0.4, 0.5) is 0 Å². The minimum atomic E-state index is -2.98. The number of nitrogens with zero attached hydrogens (tertiary/aromatic N) is 4. The van der Waals surface area contributed by atoms with Gasteiger partial charge in [0.05, 0.1) is 34.0 Å². The number of hydrogen-bond acceptors (Lipinski definition) is 8. The predicted octanol–water partition coefficient (Wildman–Crippen LogP) is 1.02. The number of methoxy groups -OCH3 is 3. The fourth-order valence-electron chi connectivity index (χ4n) is 4.51. The quantitative estimate of drug-likeness (QED) is 0.327. The van der Waals surface area contributed by atoms with Crippen LogP contribution in [0.15, 0.2) is 12.1 Å². The molecule has 11 nitrogen and oxygen atoms in total. The molecule has 1 aromatic carbocycles. The molecular formula is C23H38BN4O7P. The Kier molecular flexibility index (Phi) is 10.1. The minimum absolute atomic E-state index is 0.0691. The van der Waals surface area contributed by atoms with Crippen molar-refractivity contribution >= 4 is 21.2 Å². The predicted molar refractivity (Wildman–Crippen MR) is 138 cm³/mol. The van der Waals surface area contributed by atoms with Crippen molar-refractivity contribution in [2.24, 2.45) is 0 Å². The normalized spacial score (nSPS) is 23.4. The van der Waals surface area contributed by atoms with E-state index in [4.69, 9.17) is 31.5 Å². The van der Waals surface area contributed by atoms with Gasteiger partial charge in [0.1, 0.15) is 14.2 Å². The second-order valence-electron chi connectivity index (χ2n) is 9.19. The van der Waals surface area contributed by atoms with Crippen molar-refractivity contribution in [3.05, 3.63) is 17.7 Å². The number of ether oxygens (including phenoxy) is 5. The zero-order valence-corrected chi connectivity index (χ0v) is 23.0. The standard InChI is InChI=1S/C23H38BN4O7P/c1-25(2)36(30,16-34-15-18-13-26(3)14-21(24)35-18)28-9-7-27(8-10-28)23(29)17-11-19(31-4)22(33-6)20(12-17)32-5/h11-12,18,21H,7-10,13-16H2,1-6H3. The van der Waals surface area contributed by atoms with Crippen LogP contribution < -0.4 is 14.2 Å². The fourth-order valence-corrected chi connectivity index (χ4v) is 6.55. The van der Waals surface area contributed by atoms with E-state index in [1.54, 1.807) is 35.8 Å². The van der Waals surface area contributed by atoms with Crippen molar-refractivity contribution in [3.63, 3.8) is 0 Å². The van der Waals surface area contributed by atoms with Crippen LogP contribution in [0.2, 0.25) is 0 Å². The Bertz CT molecular complexity index is 910. The summed E-state index contributed by atoms with van der Waals surface area (Å²) in [5, 5.41) is 0. The van der Waals surface area contributed by atoms with Crippen LogP contribution in [-0.2, 0) is 14.0 Å². The van der Waals surface area contributed by atoms with E-state index >= 15 is 0 Å². The van der Waals surface area contributed by atoms with Crippen LogP contribution in [0.1, 0.15) is 10.4 Å². The molecule has 0 aromatic heterocycles. The summed E-state index contributed by atoms with van der Waals surface area (Å²) in [4.78, 5) is 17.1. The molecule has 2 aliphatic heterocycles. The summed E-state index contributed by atoms with van der Waals surface area (Å²) in [6, 6.07) is 2.94. The monoisotopic (exact) mass is 524 g/mol. The van der Waals surface area contributed by atoms with Crippen LogP contribution in [0.3, 0.4) is 0 Å². The number of amides is 1. The molecule has 0 spiro atoms. The van der Waals surface area contributed by atoms with Gasteiger partial charge in [-0.1, -0.05) is 0 Å². The van der Waals surface area contributed by atoms with Gasteiger partial charge in [0, 0.05) is 50.8 Å². The van der Waals surface area contributed by atoms with Crippen LogP contribution in [-0.4, -0.2) is 140 Å². The molecule has 2 aliphatic rings. The highest BCUT2D eigenvalue weighted by Crippen LogP contribution is 2.51. The first-order valence-electron chi connectivity index (χ1n) is 11.9. The maximum atomic E-state index is 13.9. The zero-order chi connectivity index (χ0) is 26.5. The highest BCUT2D eigenvalue weighted by molar-refractivity contribution is 7.58. The molecule has 0 N–H and O–H groups in total. The summed E-state index contributed by atoms with van der Waals surface area (Å²) in [7, 11) is 13.0. The van der Waals surface area contributed by atoms with E-state index in [9.17, 15) is 9.36 Å². The lowest BCUT2D eigenvalue weighted by molar-refractivity contribution is -0.0748. The highest BCUT2D eigenvalue weighted by atomic mass is 31.2. The van der Waals surface area contributed by atoms with Gasteiger partial charge in [-0.2, -0.15) is 0 Å².